The van der Waals surface area contributed by atoms with Crippen LogP contribution in [-0.4, -0.2) is 37.3 Å². The molecule has 124 valence electrons. The van der Waals surface area contributed by atoms with Gasteiger partial charge in [0.25, 0.3) is 0 Å². The summed E-state index contributed by atoms with van der Waals surface area (Å²) in [5, 5.41) is 8.12. The van der Waals surface area contributed by atoms with Gasteiger partial charge in [0.2, 0.25) is 0 Å². The topological polar surface area (TPSA) is 59.8 Å². The molecular weight excluding hydrogens is 308 g/mol. The van der Waals surface area contributed by atoms with E-state index in [9.17, 15) is 4.21 Å². The van der Waals surface area contributed by atoms with Crippen molar-refractivity contribution >= 4 is 10.8 Å². The van der Waals surface area contributed by atoms with E-state index < -0.39 is 10.8 Å². The quantitative estimate of drug-likeness (QED) is 0.880. The molecule has 5 nitrogen and oxygen atoms in total. The minimum absolute atomic E-state index is 0.368. The summed E-state index contributed by atoms with van der Waals surface area (Å²) < 4.78 is 14.2. The molecule has 0 amide bonds. The SMILES string of the molecule is CC(C)c1nc2n(n1)C[C@H](NCC[S@@](=O)c1ccccc1)CC2. The first-order chi connectivity index (χ1) is 11.1. The van der Waals surface area contributed by atoms with E-state index in [-0.39, 0.29) is 0 Å². The zero-order chi connectivity index (χ0) is 16.2. The molecule has 3 rings (SSSR count). The summed E-state index contributed by atoms with van der Waals surface area (Å²) in [7, 11) is -0.932. The molecule has 2 heterocycles. The van der Waals surface area contributed by atoms with Gasteiger partial charge in [0.1, 0.15) is 5.82 Å². The monoisotopic (exact) mass is 332 g/mol. The number of aryl methyl sites for hydroxylation is 1. The maximum Gasteiger partial charge on any atom is 0.153 e. The van der Waals surface area contributed by atoms with Crippen LogP contribution in [0.15, 0.2) is 35.2 Å². The lowest BCUT2D eigenvalue weighted by Gasteiger charge is -2.23. The summed E-state index contributed by atoms with van der Waals surface area (Å²) in [5.41, 5.74) is 0. The third-order valence-electron chi connectivity index (χ3n) is 4.12. The highest BCUT2D eigenvalue weighted by Crippen LogP contribution is 2.17. The van der Waals surface area contributed by atoms with E-state index in [4.69, 9.17) is 0 Å². The van der Waals surface area contributed by atoms with Gasteiger partial charge in [-0.3, -0.25) is 4.21 Å². The molecule has 0 fully saturated rings. The van der Waals surface area contributed by atoms with E-state index in [0.717, 1.165) is 42.5 Å². The predicted molar refractivity (Wildman–Crippen MR) is 91.9 cm³/mol. The molecule has 1 aliphatic heterocycles. The second kappa shape index (κ2) is 7.36. The number of hydrogen-bond donors (Lipinski definition) is 1. The zero-order valence-electron chi connectivity index (χ0n) is 13.7. The first-order valence-corrected chi connectivity index (χ1v) is 9.56. The normalized spacial score (nSPS) is 18.8. The van der Waals surface area contributed by atoms with Crippen LogP contribution in [-0.2, 0) is 23.8 Å². The Morgan fingerprint density at radius 1 is 1.35 bits per heavy atom. The third kappa shape index (κ3) is 4.06. The van der Waals surface area contributed by atoms with Crippen molar-refractivity contribution in [1.82, 2.24) is 20.1 Å². The van der Waals surface area contributed by atoms with Crippen molar-refractivity contribution in [2.24, 2.45) is 0 Å². The van der Waals surface area contributed by atoms with E-state index in [1.54, 1.807) is 0 Å². The van der Waals surface area contributed by atoms with Crippen LogP contribution in [0.3, 0.4) is 0 Å². The Morgan fingerprint density at radius 3 is 2.87 bits per heavy atom. The summed E-state index contributed by atoms with van der Waals surface area (Å²) in [6.45, 7) is 5.85. The highest BCUT2D eigenvalue weighted by Gasteiger charge is 2.22. The van der Waals surface area contributed by atoms with Gasteiger partial charge in [0, 0.05) is 35.6 Å². The van der Waals surface area contributed by atoms with Crippen molar-refractivity contribution in [2.45, 2.75) is 50.1 Å². The van der Waals surface area contributed by atoms with Gasteiger partial charge in [-0.2, -0.15) is 5.10 Å². The maximum atomic E-state index is 12.2. The summed E-state index contributed by atoms with van der Waals surface area (Å²) in [5.74, 6) is 3.04. The fourth-order valence-electron chi connectivity index (χ4n) is 2.79. The van der Waals surface area contributed by atoms with Crippen molar-refractivity contribution < 1.29 is 4.21 Å². The molecule has 1 aliphatic rings. The fourth-order valence-corrected chi connectivity index (χ4v) is 3.78. The standard InChI is InChI=1S/C17H24N4OS/c1-13(2)17-19-16-9-8-14(12-21(16)20-17)18-10-11-23(22)15-6-4-3-5-7-15/h3-7,13-14,18H,8-12H2,1-2H3/t14-,23-/m1/s1. The molecule has 0 radical (unpaired) electrons. The second-order valence-corrected chi connectivity index (χ2v) is 7.85. The third-order valence-corrected chi connectivity index (χ3v) is 5.49. The van der Waals surface area contributed by atoms with Crippen molar-refractivity contribution in [3.8, 4) is 0 Å². The van der Waals surface area contributed by atoms with Crippen LogP contribution in [0.2, 0.25) is 0 Å². The number of rotatable bonds is 6. The molecule has 6 heteroatoms. The Kier molecular flexibility index (Phi) is 5.23. The van der Waals surface area contributed by atoms with E-state index in [2.05, 4.69) is 29.2 Å². The van der Waals surface area contributed by atoms with Gasteiger partial charge in [0.05, 0.1) is 17.3 Å². The van der Waals surface area contributed by atoms with Crippen molar-refractivity contribution in [1.29, 1.82) is 0 Å². The van der Waals surface area contributed by atoms with Gasteiger partial charge in [-0.1, -0.05) is 32.0 Å². The zero-order valence-corrected chi connectivity index (χ0v) is 14.6. The van der Waals surface area contributed by atoms with Gasteiger partial charge in [-0.05, 0) is 18.6 Å². The van der Waals surface area contributed by atoms with Crippen LogP contribution in [0.5, 0.6) is 0 Å². The number of nitrogens with zero attached hydrogens (tertiary/aromatic N) is 3. The number of hydrogen-bond acceptors (Lipinski definition) is 4. The Bertz CT molecular complexity index is 668. The number of fused-ring (bicyclic) bond motifs is 1. The summed E-state index contributed by atoms with van der Waals surface area (Å²) in [4.78, 5) is 5.51. The lowest BCUT2D eigenvalue weighted by molar-refractivity contribution is 0.365. The minimum atomic E-state index is -0.932. The highest BCUT2D eigenvalue weighted by atomic mass is 32.2. The van der Waals surface area contributed by atoms with Crippen LogP contribution >= 0.6 is 0 Å². The maximum absolute atomic E-state index is 12.2. The fraction of sp³-hybridized carbons (Fsp3) is 0.529. The molecule has 0 saturated heterocycles. The number of aromatic nitrogens is 3. The molecule has 2 atom stereocenters. The van der Waals surface area contributed by atoms with Gasteiger partial charge in [-0.25, -0.2) is 9.67 Å². The Hall–Kier alpha value is -1.53. The lowest BCUT2D eigenvalue weighted by atomic mass is 10.1. The van der Waals surface area contributed by atoms with Crippen LogP contribution in [0.1, 0.15) is 37.8 Å². The number of benzene rings is 1. The molecule has 1 aromatic heterocycles. The molecule has 0 bridgehead atoms. The van der Waals surface area contributed by atoms with E-state index in [1.165, 1.54) is 0 Å². The van der Waals surface area contributed by atoms with Crippen LogP contribution in [0, 0.1) is 0 Å². The average molecular weight is 332 g/mol. The second-order valence-electron chi connectivity index (χ2n) is 6.28. The molecular formula is C17H24N4OS. The predicted octanol–water partition coefficient (Wildman–Crippen LogP) is 2.11. The molecule has 1 N–H and O–H groups in total. The molecule has 2 aromatic rings. The van der Waals surface area contributed by atoms with Gasteiger partial charge >= 0.3 is 0 Å². The Morgan fingerprint density at radius 2 is 2.13 bits per heavy atom. The molecule has 1 aromatic carbocycles. The van der Waals surface area contributed by atoms with Crippen molar-refractivity contribution in [2.75, 3.05) is 12.3 Å². The van der Waals surface area contributed by atoms with Crippen LogP contribution in [0.4, 0.5) is 0 Å². The summed E-state index contributed by atoms with van der Waals surface area (Å²) in [6, 6.07) is 10.0. The molecule has 0 unspecified atom stereocenters. The van der Waals surface area contributed by atoms with E-state index in [0.29, 0.717) is 17.7 Å². The first kappa shape index (κ1) is 16.3. The Balaban J connectivity index is 1.49. The molecule has 0 aliphatic carbocycles. The largest absolute Gasteiger partial charge is 0.311 e. The summed E-state index contributed by atoms with van der Waals surface area (Å²) in [6.07, 6.45) is 2.02. The van der Waals surface area contributed by atoms with Gasteiger partial charge < -0.3 is 5.32 Å². The van der Waals surface area contributed by atoms with Gasteiger partial charge in [0.15, 0.2) is 5.82 Å². The van der Waals surface area contributed by atoms with Crippen LogP contribution in [0.25, 0.3) is 0 Å². The van der Waals surface area contributed by atoms with Crippen molar-refractivity contribution in [3.63, 3.8) is 0 Å². The average Bonchev–Trinajstić information content (AvgIpc) is 2.99. The highest BCUT2D eigenvalue weighted by molar-refractivity contribution is 7.85. The number of nitrogens with one attached hydrogen (secondary N) is 1. The van der Waals surface area contributed by atoms with Crippen LogP contribution < -0.4 is 5.32 Å². The molecule has 23 heavy (non-hydrogen) atoms. The lowest BCUT2D eigenvalue weighted by Crippen LogP contribution is -2.39. The smallest absolute Gasteiger partial charge is 0.153 e. The summed E-state index contributed by atoms with van der Waals surface area (Å²) >= 11 is 0. The van der Waals surface area contributed by atoms with Crippen molar-refractivity contribution in [3.05, 3.63) is 42.0 Å². The molecule has 0 spiro atoms. The first-order valence-electron chi connectivity index (χ1n) is 8.24. The minimum Gasteiger partial charge on any atom is -0.311 e. The van der Waals surface area contributed by atoms with E-state index in [1.807, 2.05) is 35.0 Å². The van der Waals surface area contributed by atoms with Gasteiger partial charge in [-0.15, -0.1) is 0 Å². The molecule has 0 saturated carbocycles. The Labute approximate surface area is 140 Å². The van der Waals surface area contributed by atoms with E-state index >= 15 is 0 Å².